The molecule has 4 rings (SSSR count). The number of anilines is 2. The largest absolute Gasteiger partial charge is 0.457 e. The van der Waals surface area contributed by atoms with Crippen molar-refractivity contribution in [1.29, 1.82) is 0 Å². The lowest BCUT2D eigenvalue weighted by Crippen LogP contribution is -2.48. The van der Waals surface area contributed by atoms with Crippen molar-refractivity contribution in [2.45, 2.75) is 6.92 Å². The molecular formula is C25H22Cl3N3O3. The summed E-state index contributed by atoms with van der Waals surface area (Å²) in [6.07, 6.45) is 2.98. The second kappa shape index (κ2) is 10.6. The summed E-state index contributed by atoms with van der Waals surface area (Å²) in [6, 6.07) is 14.1. The van der Waals surface area contributed by atoms with E-state index in [9.17, 15) is 9.59 Å². The predicted octanol–water partition coefficient (Wildman–Crippen LogP) is 6.23. The Morgan fingerprint density at radius 3 is 2.35 bits per heavy atom. The number of piperazine rings is 1. The predicted molar refractivity (Wildman–Crippen MR) is 138 cm³/mol. The zero-order valence-electron chi connectivity index (χ0n) is 18.4. The number of carbonyl (C=O) groups excluding carboxylic acids is 2. The van der Waals surface area contributed by atoms with E-state index in [0.717, 1.165) is 11.3 Å². The molecule has 0 atom stereocenters. The molecule has 176 valence electrons. The van der Waals surface area contributed by atoms with Crippen LogP contribution in [0.4, 0.5) is 11.4 Å². The number of amides is 2. The van der Waals surface area contributed by atoms with Crippen molar-refractivity contribution in [3.63, 3.8) is 0 Å². The van der Waals surface area contributed by atoms with Crippen LogP contribution in [0.2, 0.25) is 15.1 Å². The van der Waals surface area contributed by atoms with Gasteiger partial charge in [-0.2, -0.15) is 0 Å². The molecule has 1 aromatic heterocycles. The molecule has 2 heterocycles. The van der Waals surface area contributed by atoms with E-state index in [4.69, 9.17) is 39.2 Å². The van der Waals surface area contributed by atoms with E-state index in [1.807, 2.05) is 0 Å². The minimum atomic E-state index is -0.324. The highest BCUT2D eigenvalue weighted by Gasteiger charge is 2.23. The summed E-state index contributed by atoms with van der Waals surface area (Å²) in [5.74, 6) is 0.825. The summed E-state index contributed by atoms with van der Waals surface area (Å²) in [4.78, 5) is 28.1. The van der Waals surface area contributed by atoms with Crippen LogP contribution >= 0.6 is 34.8 Å². The van der Waals surface area contributed by atoms with Crippen molar-refractivity contribution >= 4 is 64.1 Å². The second-order valence-electron chi connectivity index (χ2n) is 7.81. The number of hydrogen-bond donors (Lipinski definition) is 1. The number of hydrogen-bond acceptors (Lipinski definition) is 4. The number of furan rings is 1. The quantitative estimate of drug-likeness (QED) is 0.407. The van der Waals surface area contributed by atoms with E-state index in [0.29, 0.717) is 58.5 Å². The van der Waals surface area contributed by atoms with Crippen LogP contribution < -0.4 is 10.2 Å². The van der Waals surface area contributed by atoms with Crippen LogP contribution in [-0.4, -0.2) is 42.9 Å². The van der Waals surface area contributed by atoms with Crippen LogP contribution in [0.25, 0.3) is 17.4 Å². The van der Waals surface area contributed by atoms with E-state index in [1.54, 1.807) is 66.4 Å². The first-order chi connectivity index (χ1) is 16.3. The summed E-state index contributed by atoms with van der Waals surface area (Å²) in [6.45, 7) is 4.03. The smallest absolute Gasteiger partial charge is 0.248 e. The molecule has 1 aliphatic heterocycles. The Kier molecular flexibility index (Phi) is 7.51. The summed E-state index contributed by atoms with van der Waals surface area (Å²) in [7, 11) is 0. The summed E-state index contributed by atoms with van der Waals surface area (Å²) < 4.78 is 5.80. The van der Waals surface area contributed by atoms with Crippen molar-refractivity contribution < 1.29 is 14.0 Å². The summed E-state index contributed by atoms with van der Waals surface area (Å²) in [5.41, 5.74) is 2.09. The molecule has 1 fully saturated rings. The standard InChI is InChI=1S/C25H22Cl3N3O3/c1-16(32)30-9-11-31(12-10-30)25-21(28)3-2-4-22(25)29-24(33)8-6-20-5-7-23(34-20)17-13-18(26)15-19(27)14-17/h2-8,13-15H,9-12H2,1H3,(H,29,33)/b8-6+. The van der Waals surface area contributed by atoms with Gasteiger partial charge in [0.2, 0.25) is 11.8 Å². The van der Waals surface area contributed by atoms with Gasteiger partial charge in [-0.1, -0.05) is 40.9 Å². The fourth-order valence-corrected chi connectivity index (χ4v) is 4.63. The number of nitrogens with zero attached hydrogens (tertiary/aromatic N) is 2. The molecule has 0 aliphatic carbocycles. The molecule has 1 aliphatic rings. The molecule has 0 radical (unpaired) electrons. The van der Waals surface area contributed by atoms with E-state index < -0.39 is 0 Å². The van der Waals surface area contributed by atoms with Gasteiger partial charge in [0.15, 0.2) is 0 Å². The summed E-state index contributed by atoms with van der Waals surface area (Å²) in [5, 5.41) is 4.45. The Morgan fingerprint density at radius 1 is 0.971 bits per heavy atom. The molecule has 0 spiro atoms. The van der Waals surface area contributed by atoms with Crippen molar-refractivity contribution in [1.82, 2.24) is 4.90 Å². The maximum atomic E-state index is 12.7. The average molecular weight is 519 g/mol. The van der Waals surface area contributed by atoms with E-state index >= 15 is 0 Å². The highest BCUT2D eigenvalue weighted by atomic mass is 35.5. The molecule has 1 saturated heterocycles. The fraction of sp³-hybridized carbons (Fsp3) is 0.200. The van der Waals surface area contributed by atoms with Crippen LogP contribution in [0.1, 0.15) is 12.7 Å². The lowest BCUT2D eigenvalue weighted by molar-refractivity contribution is -0.129. The van der Waals surface area contributed by atoms with Gasteiger partial charge in [-0.25, -0.2) is 0 Å². The molecular weight excluding hydrogens is 497 g/mol. The topological polar surface area (TPSA) is 65.8 Å². The SMILES string of the molecule is CC(=O)N1CCN(c2c(Cl)cccc2NC(=O)/C=C/c2ccc(-c3cc(Cl)cc(Cl)c3)o2)CC1. The summed E-state index contributed by atoms with van der Waals surface area (Å²) >= 11 is 18.6. The van der Waals surface area contributed by atoms with Crippen molar-refractivity contribution in [2.75, 3.05) is 36.4 Å². The Morgan fingerprint density at radius 2 is 1.68 bits per heavy atom. The van der Waals surface area contributed by atoms with Gasteiger partial charge in [-0.3, -0.25) is 9.59 Å². The Bertz CT molecular complexity index is 1230. The third-order valence-corrected chi connectivity index (χ3v) is 6.20. The average Bonchev–Trinajstić information content (AvgIpc) is 3.27. The molecule has 9 heteroatoms. The first-order valence-electron chi connectivity index (χ1n) is 10.6. The molecule has 3 aromatic rings. The van der Waals surface area contributed by atoms with Gasteiger partial charge in [0.1, 0.15) is 11.5 Å². The number of benzene rings is 2. The van der Waals surface area contributed by atoms with Gasteiger partial charge in [-0.15, -0.1) is 0 Å². The van der Waals surface area contributed by atoms with E-state index in [-0.39, 0.29) is 11.8 Å². The first-order valence-corrected chi connectivity index (χ1v) is 11.8. The Balaban J connectivity index is 1.45. The Labute approximate surface area is 212 Å². The van der Waals surface area contributed by atoms with Crippen LogP contribution in [0.15, 0.2) is 59.0 Å². The second-order valence-corrected chi connectivity index (χ2v) is 9.09. The molecule has 0 unspecified atom stereocenters. The highest BCUT2D eigenvalue weighted by molar-refractivity contribution is 6.35. The third-order valence-electron chi connectivity index (χ3n) is 5.46. The van der Waals surface area contributed by atoms with Crippen LogP contribution in [-0.2, 0) is 9.59 Å². The molecule has 1 N–H and O–H groups in total. The van der Waals surface area contributed by atoms with Crippen LogP contribution in [0, 0.1) is 0 Å². The van der Waals surface area contributed by atoms with Gasteiger partial charge in [0.05, 0.1) is 16.4 Å². The van der Waals surface area contributed by atoms with E-state index in [1.165, 1.54) is 6.08 Å². The van der Waals surface area contributed by atoms with E-state index in [2.05, 4.69) is 10.2 Å². The maximum Gasteiger partial charge on any atom is 0.248 e. The highest BCUT2D eigenvalue weighted by Crippen LogP contribution is 2.35. The zero-order chi connectivity index (χ0) is 24.2. The number of carbonyl (C=O) groups is 2. The minimum Gasteiger partial charge on any atom is -0.457 e. The molecule has 0 saturated carbocycles. The van der Waals surface area contributed by atoms with Gasteiger partial charge < -0.3 is 19.5 Å². The Hall–Kier alpha value is -2.93. The van der Waals surface area contributed by atoms with Gasteiger partial charge in [0.25, 0.3) is 0 Å². The fourth-order valence-electron chi connectivity index (χ4n) is 3.81. The lowest BCUT2D eigenvalue weighted by atomic mass is 10.2. The number of para-hydroxylation sites is 1. The van der Waals surface area contributed by atoms with Crippen molar-refractivity contribution in [3.05, 3.63) is 75.4 Å². The van der Waals surface area contributed by atoms with Gasteiger partial charge in [0, 0.05) is 54.8 Å². The van der Waals surface area contributed by atoms with Gasteiger partial charge >= 0.3 is 0 Å². The minimum absolute atomic E-state index is 0.0528. The number of halogens is 3. The van der Waals surface area contributed by atoms with Crippen molar-refractivity contribution in [3.8, 4) is 11.3 Å². The molecule has 2 aromatic carbocycles. The molecule has 6 nitrogen and oxygen atoms in total. The van der Waals surface area contributed by atoms with Gasteiger partial charge in [-0.05, 0) is 48.5 Å². The lowest BCUT2D eigenvalue weighted by Gasteiger charge is -2.36. The number of rotatable bonds is 5. The zero-order valence-corrected chi connectivity index (χ0v) is 20.6. The molecule has 2 amide bonds. The third kappa shape index (κ3) is 5.76. The maximum absolute atomic E-state index is 12.7. The van der Waals surface area contributed by atoms with Crippen molar-refractivity contribution in [2.24, 2.45) is 0 Å². The normalized spacial score (nSPS) is 14.0. The van der Waals surface area contributed by atoms with Crippen LogP contribution in [0.5, 0.6) is 0 Å². The molecule has 34 heavy (non-hydrogen) atoms. The first kappa shape index (κ1) is 24.2. The number of nitrogens with one attached hydrogen (secondary N) is 1. The molecule has 0 bridgehead atoms. The monoisotopic (exact) mass is 517 g/mol. The van der Waals surface area contributed by atoms with Crippen LogP contribution in [0.3, 0.4) is 0 Å².